The van der Waals surface area contributed by atoms with E-state index in [0.29, 0.717) is 5.56 Å². The van der Waals surface area contributed by atoms with E-state index in [1.54, 1.807) is 6.21 Å². The number of hydrogen-bond acceptors (Lipinski definition) is 2. The molecule has 0 saturated heterocycles. The lowest BCUT2D eigenvalue weighted by Gasteiger charge is -2.02. The van der Waals surface area contributed by atoms with Crippen molar-refractivity contribution in [2.45, 2.75) is 13.8 Å². The zero-order valence-electron chi connectivity index (χ0n) is 11.4. The van der Waals surface area contributed by atoms with E-state index in [1.165, 1.54) is 24.3 Å². The lowest BCUT2D eigenvalue weighted by molar-refractivity contribution is 0.0955. The summed E-state index contributed by atoms with van der Waals surface area (Å²) in [6, 6.07) is 11.3. The Morgan fingerprint density at radius 2 is 1.85 bits per heavy atom. The van der Waals surface area contributed by atoms with Crippen LogP contribution in [0.1, 0.15) is 27.0 Å². The number of hydrazone groups is 1. The van der Waals surface area contributed by atoms with Crippen molar-refractivity contribution in [1.82, 2.24) is 5.43 Å². The molecule has 3 nitrogen and oxygen atoms in total. The number of hydrogen-bond donors (Lipinski definition) is 1. The zero-order valence-corrected chi connectivity index (χ0v) is 11.4. The smallest absolute Gasteiger partial charge is 0.267 e. The van der Waals surface area contributed by atoms with Crippen LogP contribution in [-0.2, 0) is 0 Å². The van der Waals surface area contributed by atoms with E-state index in [2.05, 4.69) is 10.5 Å². The molecular formula is C16H15FN2O. The second-order valence-corrected chi connectivity index (χ2v) is 4.57. The number of benzene rings is 2. The average molecular weight is 270 g/mol. The SMILES string of the molecule is Cc1ccc(C)c(/C=N/NC(=O)c2ccc(F)cc2)c1. The molecule has 0 fully saturated rings. The molecule has 2 aromatic rings. The van der Waals surface area contributed by atoms with E-state index in [4.69, 9.17) is 0 Å². The first kappa shape index (κ1) is 13.9. The first-order valence-electron chi connectivity index (χ1n) is 6.22. The van der Waals surface area contributed by atoms with Gasteiger partial charge in [-0.3, -0.25) is 4.79 Å². The van der Waals surface area contributed by atoms with Crippen LogP contribution in [0.25, 0.3) is 0 Å². The average Bonchev–Trinajstić information content (AvgIpc) is 2.43. The molecule has 0 saturated carbocycles. The Morgan fingerprint density at radius 1 is 1.15 bits per heavy atom. The summed E-state index contributed by atoms with van der Waals surface area (Å²) in [4.78, 5) is 11.8. The minimum atomic E-state index is -0.375. The highest BCUT2D eigenvalue weighted by atomic mass is 19.1. The molecule has 0 aliphatic carbocycles. The Hall–Kier alpha value is -2.49. The van der Waals surface area contributed by atoms with Gasteiger partial charge in [0.05, 0.1) is 6.21 Å². The highest BCUT2D eigenvalue weighted by Crippen LogP contribution is 2.08. The molecule has 20 heavy (non-hydrogen) atoms. The van der Waals surface area contributed by atoms with E-state index in [1.807, 2.05) is 32.0 Å². The number of nitrogens with zero attached hydrogens (tertiary/aromatic N) is 1. The van der Waals surface area contributed by atoms with Gasteiger partial charge >= 0.3 is 0 Å². The molecule has 2 aromatic carbocycles. The molecule has 0 aliphatic rings. The third-order valence-electron chi connectivity index (χ3n) is 2.91. The molecule has 0 heterocycles. The van der Waals surface area contributed by atoms with Crippen LogP contribution in [0.15, 0.2) is 47.6 Å². The summed E-state index contributed by atoms with van der Waals surface area (Å²) in [6.07, 6.45) is 1.60. The number of carbonyl (C=O) groups excluding carboxylic acids is 1. The second kappa shape index (κ2) is 6.10. The topological polar surface area (TPSA) is 41.5 Å². The summed E-state index contributed by atoms with van der Waals surface area (Å²) in [7, 11) is 0. The van der Waals surface area contributed by atoms with Gasteiger partial charge < -0.3 is 0 Å². The molecule has 2 rings (SSSR count). The normalized spacial score (nSPS) is 10.8. The van der Waals surface area contributed by atoms with Gasteiger partial charge in [-0.15, -0.1) is 0 Å². The molecule has 0 aromatic heterocycles. The number of halogens is 1. The number of nitrogens with one attached hydrogen (secondary N) is 1. The van der Waals surface area contributed by atoms with Crippen LogP contribution in [0.5, 0.6) is 0 Å². The Balaban J connectivity index is 2.04. The van der Waals surface area contributed by atoms with E-state index >= 15 is 0 Å². The third kappa shape index (κ3) is 3.51. The lowest BCUT2D eigenvalue weighted by atomic mass is 10.1. The fourth-order valence-electron chi connectivity index (χ4n) is 1.73. The quantitative estimate of drug-likeness (QED) is 0.675. The van der Waals surface area contributed by atoms with Gasteiger partial charge in [-0.1, -0.05) is 23.8 Å². The molecule has 1 N–H and O–H groups in total. The summed E-state index contributed by atoms with van der Waals surface area (Å²) in [5.74, 6) is -0.744. The fourth-order valence-corrected chi connectivity index (χ4v) is 1.73. The molecule has 0 spiro atoms. The first-order valence-corrected chi connectivity index (χ1v) is 6.22. The van der Waals surface area contributed by atoms with Crippen LogP contribution >= 0.6 is 0 Å². The van der Waals surface area contributed by atoms with Gasteiger partial charge in [-0.05, 0) is 49.2 Å². The molecular weight excluding hydrogens is 255 g/mol. The molecule has 1 amide bonds. The maximum atomic E-state index is 12.7. The number of aryl methyl sites for hydroxylation is 2. The van der Waals surface area contributed by atoms with Crippen LogP contribution in [0.2, 0.25) is 0 Å². The Morgan fingerprint density at radius 3 is 2.55 bits per heavy atom. The van der Waals surface area contributed by atoms with Crippen molar-refractivity contribution in [3.05, 3.63) is 70.5 Å². The lowest BCUT2D eigenvalue weighted by Crippen LogP contribution is -2.17. The Kier molecular flexibility index (Phi) is 4.25. The minimum Gasteiger partial charge on any atom is -0.267 e. The van der Waals surface area contributed by atoms with E-state index in [-0.39, 0.29) is 11.7 Å². The Bertz CT molecular complexity index is 648. The molecule has 0 atom stereocenters. The van der Waals surface area contributed by atoms with Crippen molar-refractivity contribution in [2.75, 3.05) is 0 Å². The summed E-state index contributed by atoms with van der Waals surface area (Å²) >= 11 is 0. The minimum absolute atomic E-state index is 0.365. The van der Waals surface area contributed by atoms with Gasteiger partial charge in [0.25, 0.3) is 5.91 Å². The van der Waals surface area contributed by atoms with Crippen LogP contribution in [-0.4, -0.2) is 12.1 Å². The van der Waals surface area contributed by atoms with Crippen molar-refractivity contribution in [1.29, 1.82) is 0 Å². The van der Waals surface area contributed by atoms with Gasteiger partial charge in [0.2, 0.25) is 0 Å². The highest BCUT2D eigenvalue weighted by Gasteiger charge is 2.03. The zero-order chi connectivity index (χ0) is 14.5. The van der Waals surface area contributed by atoms with Gasteiger partial charge in [0, 0.05) is 5.56 Å². The fraction of sp³-hybridized carbons (Fsp3) is 0.125. The van der Waals surface area contributed by atoms with Gasteiger partial charge in [-0.25, -0.2) is 9.82 Å². The van der Waals surface area contributed by atoms with Crippen molar-refractivity contribution < 1.29 is 9.18 Å². The van der Waals surface area contributed by atoms with Crippen molar-refractivity contribution in [2.24, 2.45) is 5.10 Å². The van der Waals surface area contributed by atoms with Crippen LogP contribution in [0.3, 0.4) is 0 Å². The molecule has 102 valence electrons. The molecule has 0 bridgehead atoms. The standard InChI is InChI=1S/C16H15FN2O/c1-11-3-4-12(2)14(9-11)10-18-19-16(20)13-5-7-15(17)8-6-13/h3-10H,1-2H3,(H,19,20)/b18-10+. The first-order chi connectivity index (χ1) is 9.56. The maximum Gasteiger partial charge on any atom is 0.271 e. The summed E-state index contributed by atoms with van der Waals surface area (Å²) < 4.78 is 12.7. The largest absolute Gasteiger partial charge is 0.271 e. The number of amides is 1. The van der Waals surface area contributed by atoms with Gasteiger partial charge in [0.1, 0.15) is 5.82 Å². The van der Waals surface area contributed by atoms with Gasteiger partial charge in [0.15, 0.2) is 0 Å². The third-order valence-corrected chi connectivity index (χ3v) is 2.91. The highest BCUT2D eigenvalue weighted by molar-refractivity contribution is 5.94. The van der Waals surface area contributed by atoms with E-state index in [9.17, 15) is 9.18 Å². The van der Waals surface area contributed by atoms with Gasteiger partial charge in [-0.2, -0.15) is 5.10 Å². The molecule has 0 radical (unpaired) electrons. The number of carbonyl (C=O) groups is 1. The van der Waals surface area contributed by atoms with Crippen LogP contribution in [0, 0.1) is 19.7 Å². The summed E-state index contributed by atoms with van der Waals surface area (Å²) in [6.45, 7) is 3.97. The predicted octanol–water partition coefficient (Wildman–Crippen LogP) is 3.21. The van der Waals surface area contributed by atoms with Crippen molar-refractivity contribution in [3.63, 3.8) is 0 Å². The number of rotatable bonds is 3. The van der Waals surface area contributed by atoms with Crippen LogP contribution in [0.4, 0.5) is 4.39 Å². The second-order valence-electron chi connectivity index (χ2n) is 4.57. The monoisotopic (exact) mass is 270 g/mol. The van der Waals surface area contributed by atoms with Crippen molar-refractivity contribution >= 4 is 12.1 Å². The van der Waals surface area contributed by atoms with Crippen LogP contribution < -0.4 is 5.43 Å². The molecule has 4 heteroatoms. The Labute approximate surface area is 117 Å². The predicted molar refractivity (Wildman–Crippen MR) is 77.4 cm³/mol. The van der Waals surface area contributed by atoms with E-state index < -0.39 is 0 Å². The van der Waals surface area contributed by atoms with Crippen molar-refractivity contribution in [3.8, 4) is 0 Å². The maximum absolute atomic E-state index is 12.7. The summed E-state index contributed by atoms with van der Waals surface area (Å²) in [5.41, 5.74) is 5.94. The molecule has 0 unspecified atom stereocenters. The van der Waals surface area contributed by atoms with E-state index in [0.717, 1.165) is 16.7 Å². The molecule has 0 aliphatic heterocycles. The summed E-state index contributed by atoms with van der Waals surface area (Å²) in [5, 5.41) is 3.92.